The van der Waals surface area contributed by atoms with Crippen molar-refractivity contribution < 1.29 is 13.9 Å². The Morgan fingerprint density at radius 2 is 1.95 bits per heavy atom. The number of benzene rings is 2. The molecule has 116 valence electrons. The number of ether oxygens (including phenoxy) is 1. The van der Waals surface area contributed by atoms with E-state index >= 15 is 0 Å². The summed E-state index contributed by atoms with van der Waals surface area (Å²) < 4.78 is 18.3. The topological polar surface area (TPSA) is 38.3 Å². The molecular formula is C18H20FNO2. The van der Waals surface area contributed by atoms with Crippen LogP contribution in [0.4, 0.5) is 4.39 Å². The summed E-state index contributed by atoms with van der Waals surface area (Å²) in [6, 6.07) is 13.9. The number of carbonyl (C=O) groups excluding carboxylic acids is 1. The fourth-order valence-corrected chi connectivity index (χ4v) is 2.08. The Labute approximate surface area is 130 Å². The average Bonchev–Trinajstić information content (AvgIpc) is 2.51. The van der Waals surface area contributed by atoms with Gasteiger partial charge in [-0.25, -0.2) is 4.39 Å². The maximum atomic E-state index is 12.9. The van der Waals surface area contributed by atoms with Crippen LogP contribution in [0, 0.1) is 12.7 Å². The van der Waals surface area contributed by atoms with Crippen molar-refractivity contribution in [3.05, 3.63) is 65.5 Å². The maximum Gasteiger partial charge on any atom is 0.257 e. The Hall–Kier alpha value is -2.36. The molecule has 0 saturated carbocycles. The molecule has 0 aliphatic heterocycles. The fraction of sp³-hybridized carbons (Fsp3) is 0.278. The van der Waals surface area contributed by atoms with Crippen LogP contribution >= 0.6 is 0 Å². The summed E-state index contributed by atoms with van der Waals surface area (Å²) in [6.07, 6.45) is 0. The minimum absolute atomic E-state index is 0.0143. The van der Waals surface area contributed by atoms with Gasteiger partial charge in [-0.05, 0) is 48.2 Å². The minimum Gasteiger partial charge on any atom is -0.484 e. The molecule has 0 aliphatic rings. The van der Waals surface area contributed by atoms with E-state index in [0.717, 1.165) is 11.1 Å². The molecule has 22 heavy (non-hydrogen) atoms. The van der Waals surface area contributed by atoms with Gasteiger partial charge >= 0.3 is 0 Å². The van der Waals surface area contributed by atoms with E-state index in [1.54, 1.807) is 12.1 Å². The van der Waals surface area contributed by atoms with Crippen molar-refractivity contribution >= 4 is 5.91 Å². The molecule has 1 amide bonds. The van der Waals surface area contributed by atoms with Crippen molar-refractivity contribution in [3.8, 4) is 5.75 Å². The van der Waals surface area contributed by atoms with Crippen molar-refractivity contribution in [1.82, 2.24) is 5.32 Å². The fourth-order valence-electron chi connectivity index (χ4n) is 2.08. The standard InChI is InChI=1S/C18H20FNO2/c1-13-4-3-5-17(10-13)22-12-18(21)20-11-14(2)15-6-8-16(19)9-7-15/h3-10,14H,11-12H2,1-2H3,(H,20,21). The van der Waals surface area contributed by atoms with Crippen LogP contribution in [0.3, 0.4) is 0 Å². The molecular weight excluding hydrogens is 281 g/mol. The van der Waals surface area contributed by atoms with Crippen LogP contribution in [-0.4, -0.2) is 19.1 Å². The predicted molar refractivity (Wildman–Crippen MR) is 84.5 cm³/mol. The van der Waals surface area contributed by atoms with Crippen molar-refractivity contribution in [3.63, 3.8) is 0 Å². The zero-order valence-corrected chi connectivity index (χ0v) is 12.8. The monoisotopic (exact) mass is 301 g/mol. The predicted octanol–water partition coefficient (Wildman–Crippen LogP) is 3.43. The van der Waals surface area contributed by atoms with Gasteiger partial charge in [0.2, 0.25) is 0 Å². The van der Waals surface area contributed by atoms with E-state index in [9.17, 15) is 9.18 Å². The van der Waals surface area contributed by atoms with E-state index in [1.807, 2.05) is 38.1 Å². The van der Waals surface area contributed by atoms with Gasteiger partial charge in [-0.1, -0.05) is 31.2 Å². The second-order valence-electron chi connectivity index (χ2n) is 5.36. The van der Waals surface area contributed by atoms with Crippen LogP contribution < -0.4 is 10.1 Å². The van der Waals surface area contributed by atoms with E-state index in [4.69, 9.17) is 4.74 Å². The van der Waals surface area contributed by atoms with Gasteiger partial charge in [-0.2, -0.15) is 0 Å². The van der Waals surface area contributed by atoms with Gasteiger partial charge in [-0.3, -0.25) is 4.79 Å². The number of hydrogen-bond donors (Lipinski definition) is 1. The molecule has 0 spiro atoms. The summed E-state index contributed by atoms with van der Waals surface area (Å²) in [5.74, 6) is 0.368. The molecule has 1 unspecified atom stereocenters. The number of aryl methyl sites for hydroxylation is 1. The summed E-state index contributed by atoms with van der Waals surface area (Å²) in [6.45, 7) is 4.42. The zero-order valence-electron chi connectivity index (χ0n) is 12.8. The third kappa shape index (κ3) is 4.88. The van der Waals surface area contributed by atoms with Gasteiger partial charge in [0.05, 0.1) is 0 Å². The van der Waals surface area contributed by atoms with Crippen molar-refractivity contribution in [2.75, 3.05) is 13.2 Å². The first-order chi connectivity index (χ1) is 10.5. The van der Waals surface area contributed by atoms with Crippen molar-refractivity contribution in [1.29, 1.82) is 0 Å². The lowest BCUT2D eigenvalue weighted by Crippen LogP contribution is -2.31. The molecule has 1 N–H and O–H groups in total. The molecule has 0 aromatic heterocycles. The molecule has 0 aliphatic carbocycles. The summed E-state index contributed by atoms with van der Waals surface area (Å²) in [7, 11) is 0. The number of nitrogens with one attached hydrogen (secondary N) is 1. The van der Waals surface area contributed by atoms with Crippen molar-refractivity contribution in [2.45, 2.75) is 19.8 Å². The minimum atomic E-state index is -0.258. The van der Waals surface area contributed by atoms with E-state index in [2.05, 4.69) is 5.32 Å². The van der Waals surface area contributed by atoms with E-state index < -0.39 is 0 Å². The Bertz CT molecular complexity index is 625. The molecule has 4 heteroatoms. The second kappa shape index (κ2) is 7.59. The summed E-state index contributed by atoms with van der Waals surface area (Å²) in [5, 5.41) is 2.82. The SMILES string of the molecule is Cc1cccc(OCC(=O)NCC(C)c2ccc(F)cc2)c1. The van der Waals surface area contributed by atoms with Gasteiger partial charge in [0, 0.05) is 6.54 Å². The van der Waals surface area contributed by atoms with Gasteiger partial charge in [0.25, 0.3) is 5.91 Å². The number of amides is 1. The first kappa shape index (κ1) is 16.0. The lowest BCUT2D eigenvalue weighted by atomic mass is 10.0. The Morgan fingerprint density at radius 3 is 2.64 bits per heavy atom. The van der Waals surface area contributed by atoms with Crippen LogP contribution in [0.2, 0.25) is 0 Å². The summed E-state index contributed by atoms with van der Waals surface area (Å²) in [4.78, 5) is 11.8. The van der Waals surface area contributed by atoms with Gasteiger partial charge in [0.1, 0.15) is 11.6 Å². The van der Waals surface area contributed by atoms with Gasteiger partial charge in [0.15, 0.2) is 6.61 Å². The summed E-state index contributed by atoms with van der Waals surface area (Å²) in [5.41, 5.74) is 2.07. The van der Waals surface area contributed by atoms with Gasteiger partial charge < -0.3 is 10.1 Å². The number of rotatable bonds is 6. The lowest BCUT2D eigenvalue weighted by molar-refractivity contribution is -0.123. The first-order valence-electron chi connectivity index (χ1n) is 7.26. The third-order valence-corrected chi connectivity index (χ3v) is 3.40. The quantitative estimate of drug-likeness (QED) is 0.887. The van der Waals surface area contributed by atoms with Crippen molar-refractivity contribution in [2.24, 2.45) is 0 Å². The Morgan fingerprint density at radius 1 is 1.23 bits per heavy atom. The van der Waals surface area contributed by atoms with Crippen LogP contribution in [0.5, 0.6) is 5.75 Å². The Kier molecular flexibility index (Phi) is 5.53. The maximum absolute atomic E-state index is 12.9. The van der Waals surface area contributed by atoms with Crippen LogP contribution in [0.1, 0.15) is 24.0 Å². The number of hydrogen-bond acceptors (Lipinski definition) is 2. The van der Waals surface area contributed by atoms with Crippen LogP contribution in [-0.2, 0) is 4.79 Å². The van der Waals surface area contributed by atoms with E-state index in [0.29, 0.717) is 12.3 Å². The van der Waals surface area contributed by atoms with Gasteiger partial charge in [-0.15, -0.1) is 0 Å². The van der Waals surface area contributed by atoms with E-state index in [-0.39, 0.29) is 24.2 Å². The molecule has 0 bridgehead atoms. The smallest absolute Gasteiger partial charge is 0.257 e. The number of carbonyl (C=O) groups is 1. The normalized spacial score (nSPS) is 11.8. The molecule has 1 atom stereocenters. The molecule has 0 fully saturated rings. The molecule has 0 radical (unpaired) electrons. The second-order valence-corrected chi connectivity index (χ2v) is 5.36. The highest BCUT2D eigenvalue weighted by Gasteiger charge is 2.08. The highest BCUT2D eigenvalue weighted by atomic mass is 19.1. The molecule has 2 rings (SSSR count). The first-order valence-corrected chi connectivity index (χ1v) is 7.26. The van der Waals surface area contributed by atoms with E-state index in [1.165, 1.54) is 12.1 Å². The largest absolute Gasteiger partial charge is 0.484 e. The molecule has 0 heterocycles. The average molecular weight is 301 g/mol. The molecule has 2 aromatic carbocycles. The zero-order chi connectivity index (χ0) is 15.9. The highest BCUT2D eigenvalue weighted by molar-refractivity contribution is 5.77. The summed E-state index contributed by atoms with van der Waals surface area (Å²) >= 11 is 0. The highest BCUT2D eigenvalue weighted by Crippen LogP contribution is 2.15. The van der Waals surface area contributed by atoms with Crippen LogP contribution in [0.15, 0.2) is 48.5 Å². The Balaban J connectivity index is 1.76. The lowest BCUT2D eigenvalue weighted by Gasteiger charge is -2.13. The molecule has 2 aromatic rings. The molecule has 0 saturated heterocycles. The third-order valence-electron chi connectivity index (χ3n) is 3.40. The van der Waals surface area contributed by atoms with Crippen LogP contribution in [0.25, 0.3) is 0 Å². The molecule has 3 nitrogen and oxygen atoms in total. The number of halogens is 1.